The van der Waals surface area contributed by atoms with E-state index in [1.807, 2.05) is 19.1 Å². The number of H-pyrrole nitrogens is 1. The highest BCUT2D eigenvalue weighted by atomic mass is 32.1. The van der Waals surface area contributed by atoms with Gasteiger partial charge in [0.05, 0.1) is 11.9 Å². The minimum Gasteiger partial charge on any atom is -0.494 e. The Kier molecular flexibility index (Phi) is 7.48. The van der Waals surface area contributed by atoms with Crippen LogP contribution in [-0.2, 0) is 4.79 Å². The summed E-state index contributed by atoms with van der Waals surface area (Å²) in [5, 5.41) is 14.4. The van der Waals surface area contributed by atoms with E-state index in [2.05, 4.69) is 22.4 Å². The molecule has 0 fully saturated rings. The van der Waals surface area contributed by atoms with Crippen molar-refractivity contribution in [1.29, 1.82) is 0 Å². The lowest BCUT2D eigenvalue weighted by Crippen LogP contribution is -2.21. The van der Waals surface area contributed by atoms with Gasteiger partial charge in [0.15, 0.2) is 4.77 Å². The first-order valence-electron chi connectivity index (χ1n) is 8.92. The molecule has 7 nitrogen and oxygen atoms in total. The Bertz CT molecular complexity index is 947. The maximum Gasteiger partial charge on any atom is 0.264 e. The van der Waals surface area contributed by atoms with E-state index in [-0.39, 0.29) is 22.1 Å². The molecule has 0 aliphatic rings. The molecule has 0 atom stereocenters. The number of aryl methyl sites for hydroxylation is 1. The summed E-state index contributed by atoms with van der Waals surface area (Å²) in [6, 6.07) is 7.32. The van der Waals surface area contributed by atoms with Crippen LogP contribution in [-0.4, -0.2) is 26.8 Å². The normalized spacial score (nSPS) is 11.0. The van der Waals surface area contributed by atoms with Crippen LogP contribution in [0.4, 0.5) is 0 Å². The highest BCUT2D eigenvalue weighted by Gasteiger charge is 2.13. The molecule has 144 valence electrons. The Morgan fingerprint density at radius 1 is 1.33 bits per heavy atom. The number of benzene rings is 1. The van der Waals surface area contributed by atoms with Gasteiger partial charge in [-0.15, -0.1) is 0 Å². The van der Waals surface area contributed by atoms with Gasteiger partial charge in [-0.05, 0) is 37.2 Å². The number of amides is 1. The van der Waals surface area contributed by atoms with E-state index in [1.54, 1.807) is 12.1 Å². The van der Waals surface area contributed by atoms with Gasteiger partial charge >= 0.3 is 0 Å². The lowest BCUT2D eigenvalue weighted by Gasteiger charge is -2.13. The highest BCUT2D eigenvalue weighted by Crippen LogP contribution is 2.21. The Labute approximate surface area is 162 Å². The van der Waals surface area contributed by atoms with Gasteiger partial charge in [-0.25, -0.2) is 5.43 Å². The van der Waals surface area contributed by atoms with Crippen molar-refractivity contribution < 1.29 is 9.90 Å². The molecule has 1 aromatic heterocycles. The molecule has 0 radical (unpaired) electrons. The van der Waals surface area contributed by atoms with E-state index in [1.165, 1.54) is 4.57 Å². The fraction of sp³-hybridized carbons (Fsp3) is 0.368. The van der Waals surface area contributed by atoms with E-state index in [4.69, 9.17) is 12.2 Å². The molecule has 0 bridgehead atoms. The van der Waals surface area contributed by atoms with Crippen LogP contribution in [0.1, 0.15) is 50.2 Å². The van der Waals surface area contributed by atoms with E-state index in [0.717, 1.165) is 37.5 Å². The molecule has 27 heavy (non-hydrogen) atoms. The molecule has 0 saturated carbocycles. The van der Waals surface area contributed by atoms with Gasteiger partial charge in [-0.1, -0.05) is 44.4 Å². The van der Waals surface area contributed by atoms with E-state index in [9.17, 15) is 14.7 Å². The summed E-state index contributed by atoms with van der Waals surface area (Å²) in [4.78, 5) is 26.4. The zero-order valence-corrected chi connectivity index (χ0v) is 16.3. The molecule has 0 saturated heterocycles. The zero-order valence-electron chi connectivity index (χ0n) is 15.5. The van der Waals surface area contributed by atoms with E-state index < -0.39 is 5.56 Å². The van der Waals surface area contributed by atoms with Crippen molar-refractivity contribution in [3.8, 4) is 11.6 Å². The van der Waals surface area contributed by atoms with Crippen LogP contribution in [0.25, 0.3) is 5.69 Å². The lowest BCUT2D eigenvalue weighted by atomic mass is 10.1. The minimum atomic E-state index is -0.580. The molecule has 3 N–H and O–H groups in total. The van der Waals surface area contributed by atoms with Crippen LogP contribution in [0.3, 0.4) is 0 Å². The first-order chi connectivity index (χ1) is 13.0. The van der Waals surface area contributed by atoms with E-state index in [0.29, 0.717) is 12.1 Å². The standard InChI is InChI=1S/C19H24N4O3S/c1-3-4-5-6-11-16(24)22-20-12-14-17(25)21-19(27)23(18(14)26)15-10-8-7-9-13(15)2/h7-10,12,26H,3-6,11H2,1-2H3,(H,22,24)(H,21,25,27). The average Bonchev–Trinajstić information content (AvgIpc) is 2.63. The number of unbranched alkanes of at least 4 members (excludes halogenated alkanes) is 3. The van der Waals surface area contributed by atoms with E-state index >= 15 is 0 Å². The summed E-state index contributed by atoms with van der Waals surface area (Å²) in [7, 11) is 0. The first-order valence-corrected chi connectivity index (χ1v) is 9.32. The van der Waals surface area contributed by atoms with Crippen LogP contribution in [0.5, 0.6) is 5.88 Å². The fourth-order valence-corrected chi connectivity index (χ4v) is 2.91. The minimum absolute atomic E-state index is 0.0731. The van der Waals surface area contributed by atoms with Crippen LogP contribution in [0, 0.1) is 11.7 Å². The molecule has 0 unspecified atom stereocenters. The quantitative estimate of drug-likeness (QED) is 0.279. The molecule has 0 spiro atoms. The van der Waals surface area contributed by atoms with Crippen LogP contribution < -0.4 is 11.0 Å². The number of aromatic nitrogens is 2. The SMILES string of the molecule is CCCCCCC(=O)NN=Cc1c(O)n(-c2ccccc2C)c(=S)[nH]c1=O. The van der Waals surface area contributed by atoms with Gasteiger partial charge in [0.25, 0.3) is 5.56 Å². The Balaban J connectivity index is 2.22. The first kappa shape index (κ1) is 20.6. The summed E-state index contributed by atoms with van der Waals surface area (Å²) >= 11 is 5.18. The third-order valence-electron chi connectivity index (χ3n) is 4.12. The molecule has 1 aromatic carbocycles. The number of hydrogen-bond acceptors (Lipinski definition) is 5. The number of aromatic hydroxyl groups is 1. The van der Waals surface area contributed by atoms with Gasteiger partial charge < -0.3 is 5.11 Å². The number of nitrogens with one attached hydrogen (secondary N) is 2. The van der Waals surface area contributed by atoms with Crippen molar-refractivity contribution in [2.45, 2.75) is 46.0 Å². The molecule has 0 aliphatic carbocycles. The topological polar surface area (TPSA) is 99.5 Å². The summed E-state index contributed by atoms with van der Waals surface area (Å²) in [5.41, 5.74) is 3.23. The highest BCUT2D eigenvalue weighted by molar-refractivity contribution is 7.71. The average molecular weight is 388 g/mol. The van der Waals surface area contributed by atoms with Gasteiger partial charge in [-0.3, -0.25) is 19.1 Å². The maximum absolute atomic E-state index is 12.1. The molecule has 2 rings (SSSR count). The summed E-state index contributed by atoms with van der Waals surface area (Å²) < 4.78 is 1.43. The van der Waals surface area contributed by atoms with Gasteiger partial charge in [0, 0.05) is 6.42 Å². The summed E-state index contributed by atoms with van der Waals surface area (Å²) in [6.45, 7) is 3.97. The number of hydrogen-bond donors (Lipinski definition) is 3. The molecular formula is C19H24N4O3S. The van der Waals surface area contributed by atoms with Crippen LogP contribution >= 0.6 is 12.2 Å². The molecule has 8 heteroatoms. The predicted octanol–water partition coefficient (Wildman–Crippen LogP) is 3.33. The number of rotatable bonds is 8. The number of carbonyl (C=O) groups excluding carboxylic acids is 1. The summed E-state index contributed by atoms with van der Waals surface area (Å²) in [6.07, 6.45) is 5.47. The Hall–Kier alpha value is -2.74. The lowest BCUT2D eigenvalue weighted by molar-refractivity contribution is -0.121. The second-order valence-electron chi connectivity index (χ2n) is 6.22. The van der Waals surface area contributed by atoms with Gasteiger partial charge in [0.1, 0.15) is 5.56 Å². The third-order valence-corrected chi connectivity index (χ3v) is 4.40. The molecule has 1 heterocycles. The Morgan fingerprint density at radius 3 is 2.78 bits per heavy atom. The fourth-order valence-electron chi connectivity index (χ4n) is 2.63. The number of para-hydroxylation sites is 1. The Morgan fingerprint density at radius 2 is 2.07 bits per heavy atom. The second kappa shape index (κ2) is 9.82. The molecular weight excluding hydrogens is 364 g/mol. The largest absolute Gasteiger partial charge is 0.494 e. The van der Waals surface area contributed by atoms with Crippen LogP contribution in [0.15, 0.2) is 34.2 Å². The van der Waals surface area contributed by atoms with Crippen LogP contribution in [0.2, 0.25) is 0 Å². The van der Waals surface area contributed by atoms with Crippen molar-refractivity contribution in [2.75, 3.05) is 0 Å². The number of nitrogens with zero attached hydrogens (tertiary/aromatic N) is 2. The van der Waals surface area contributed by atoms with Gasteiger partial charge in [0.2, 0.25) is 11.8 Å². The van der Waals surface area contributed by atoms with Crippen molar-refractivity contribution in [3.63, 3.8) is 0 Å². The van der Waals surface area contributed by atoms with Crippen molar-refractivity contribution >= 4 is 24.3 Å². The number of carbonyl (C=O) groups is 1. The van der Waals surface area contributed by atoms with Crippen molar-refractivity contribution in [3.05, 3.63) is 50.5 Å². The second-order valence-corrected chi connectivity index (χ2v) is 6.61. The monoisotopic (exact) mass is 388 g/mol. The predicted molar refractivity (Wildman–Crippen MR) is 108 cm³/mol. The van der Waals surface area contributed by atoms with Gasteiger partial charge in [-0.2, -0.15) is 5.10 Å². The molecule has 0 aliphatic heterocycles. The molecule has 1 amide bonds. The van der Waals surface area contributed by atoms with Crippen molar-refractivity contribution in [2.24, 2.45) is 5.10 Å². The number of aromatic amines is 1. The maximum atomic E-state index is 12.1. The van der Waals surface area contributed by atoms with Crippen molar-refractivity contribution in [1.82, 2.24) is 15.0 Å². The number of hydrazone groups is 1. The zero-order chi connectivity index (χ0) is 19.8. The third kappa shape index (κ3) is 5.37. The molecule has 2 aromatic rings. The smallest absolute Gasteiger partial charge is 0.264 e. The summed E-state index contributed by atoms with van der Waals surface area (Å²) in [5.74, 6) is -0.566.